The zero-order chi connectivity index (χ0) is 10.8. The molecule has 5 heteroatoms. The number of nitrogens with zero attached hydrogens (tertiary/aromatic N) is 4. The molecule has 1 fully saturated rings. The van der Waals surface area contributed by atoms with E-state index in [9.17, 15) is 0 Å². The molecule has 0 saturated carbocycles. The van der Waals surface area contributed by atoms with E-state index in [0.29, 0.717) is 11.9 Å². The molecular weight excluding hydrogens is 190 g/mol. The molecule has 0 bridgehead atoms. The van der Waals surface area contributed by atoms with Crippen LogP contribution in [0.2, 0.25) is 0 Å². The van der Waals surface area contributed by atoms with Crippen molar-refractivity contribution < 1.29 is 0 Å². The second kappa shape index (κ2) is 4.02. The first kappa shape index (κ1) is 10.2. The van der Waals surface area contributed by atoms with Gasteiger partial charge in [0.05, 0.1) is 12.4 Å². The van der Waals surface area contributed by atoms with Gasteiger partial charge in [0.15, 0.2) is 0 Å². The lowest BCUT2D eigenvalue weighted by Crippen LogP contribution is -2.50. The Balaban J connectivity index is 2.13. The summed E-state index contributed by atoms with van der Waals surface area (Å²) in [5.74, 6) is 1.39. The van der Waals surface area contributed by atoms with Crippen LogP contribution >= 0.6 is 0 Å². The lowest BCUT2D eigenvalue weighted by molar-refractivity contribution is 0.274. The molecule has 1 aliphatic heterocycles. The van der Waals surface area contributed by atoms with Gasteiger partial charge in [-0.1, -0.05) is 0 Å². The van der Waals surface area contributed by atoms with Crippen LogP contribution < -0.4 is 10.6 Å². The fraction of sp³-hybridized carbons (Fsp3) is 0.600. The van der Waals surface area contributed by atoms with E-state index in [4.69, 9.17) is 5.73 Å². The van der Waals surface area contributed by atoms with Crippen LogP contribution in [0.1, 0.15) is 6.92 Å². The highest BCUT2D eigenvalue weighted by Gasteiger charge is 2.22. The van der Waals surface area contributed by atoms with Crippen LogP contribution in [-0.4, -0.2) is 47.6 Å². The summed E-state index contributed by atoms with van der Waals surface area (Å²) in [6.07, 6.45) is 3.36. The molecule has 0 spiro atoms. The van der Waals surface area contributed by atoms with E-state index < -0.39 is 0 Å². The average Bonchev–Trinajstić information content (AvgIpc) is 2.20. The topological polar surface area (TPSA) is 58.3 Å². The fourth-order valence-corrected chi connectivity index (χ4v) is 1.96. The Labute approximate surface area is 89.9 Å². The second-order valence-corrected chi connectivity index (χ2v) is 4.10. The van der Waals surface area contributed by atoms with Crippen molar-refractivity contribution in [2.75, 3.05) is 37.3 Å². The number of piperazine rings is 1. The Morgan fingerprint density at radius 2 is 2.13 bits per heavy atom. The summed E-state index contributed by atoms with van der Waals surface area (Å²) in [5.41, 5.74) is 5.51. The summed E-state index contributed by atoms with van der Waals surface area (Å²) in [4.78, 5) is 13.0. The molecular formula is C10H17N5. The SMILES string of the molecule is CC1CN(C)CCN1c1cnc(N)cn1. The molecule has 5 nitrogen and oxygen atoms in total. The van der Waals surface area contributed by atoms with Crippen LogP contribution in [0.4, 0.5) is 11.6 Å². The molecule has 1 saturated heterocycles. The van der Waals surface area contributed by atoms with E-state index in [1.807, 2.05) is 0 Å². The highest BCUT2D eigenvalue weighted by Crippen LogP contribution is 2.16. The van der Waals surface area contributed by atoms with Gasteiger partial charge in [0, 0.05) is 25.7 Å². The van der Waals surface area contributed by atoms with Gasteiger partial charge in [-0.25, -0.2) is 9.97 Å². The van der Waals surface area contributed by atoms with E-state index >= 15 is 0 Å². The van der Waals surface area contributed by atoms with Gasteiger partial charge >= 0.3 is 0 Å². The smallest absolute Gasteiger partial charge is 0.147 e. The monoisotopic (exact) mass is 207 g/mol. The number of nitrogen functional groups attached to an aromatic ring is 1. The van der Waals surface area contributed by atoms with Gasteiger partial charge in [-0.3, -0.25) is 0 Å². The standard InChI is InChI=1S/C10H17N5/c1-8-7-14(2)3-4-15(8)10-6-12-9(11)5-13-10/h5-6,8H,3-4,7H2,1-2H3,(H2,11,12). The number of nitrogens with two attached hydrogens (primary N) is 1. The molecule has 15 heavy (non-hydrogen) atoms. The van der Waals surface area contributed by atoms with E-state index in [2.05, 4.69) is 33.7 Å². The number of aromatic nitrogens is 2. The number of likely N-dealkylation sites (N-methyl/N-ethyl adjacent to an activating group) is 1. The molecule has 0 amide bonds. The lowest BCUT2D eigenvalue weighted by atomic mass is 10.2. The zero-order valence-corrected chi connectivity index (χ0v) is 9.22. The van der Waals surface area contributed by atoms with Crippen molar-refractivity contribution in [2.24, 2.45) is 0 Å². The van der Waals surface area contributed by atoms with Gasteiger partial charge in [-0.2, -0.15) is 0 Å². The highest BCUT2D eigenvalue weighted by atomic mass is 15.3. The van der Waals surface area contributed by atoms with E-state index in [1.54, 1.807) is 12.4 Å². The van der Waals surface area contributed by atoms with Gasteiger partial charge in [0.1, 0.15) is 11.6 Å². The Hall–Kier alpha value is -1.36. The molecule has 0 aliphatic carbocycles. The molecule has 1 aromatic heterocycles. The van der Waals surface area contributed by atoms with Gasteiger partial charge in [-0.05, 0) is 14.0 Å². The Bertz CT molecular complexity index is 323. The average molecular weight is 207 g/mol. The normalized spacial score (nSPS) is 23.1. The van der Waals surface area contributed by atoms with Crippen LogP contribution in [0.3, 0.4) is 0 Å². The van der Waals surface area contributed by atoms with Crippen molar-refractivity contribution in [3.05, 3.63) is 12.4 Å². The third kappa shape index (κ3) is 2.18. The summed E-state index contributed by atoms with van der Waals surface area (Å²) >= 11 is 0. The fourth-order valence-electron chi connectivity index (χ4n) is 1.96. The molecule has 1 aromatic rings. The van der Waals surface area contributed by atoms with E-state index in [-0.39, 0.29) is 0 Å². The zero-order valence-electron chi connectivity index (χ0n) is 9.22. The second-order valence-electron chi connectivity index (χ2n) is 4.10. The van der Waals surface area contributed by atoms with Gasteiger partial charge < -0.3 is 15.5 Å². The molecule has 1 aliphatic rings. The van der Waals surface area contributed by atoms with Crippen molar-refractivity contribution in [2.45, 2.75) is 13.0 Å². The maximum absolute atomic E-state index is 5.51. The Kier molecular flexibility index (Phi) is 2.73. The number of rotatable bonds is 1. The van der Waals surface area contributed by atoms with Crippen LogP contribution in [0.5, 0.6) is 0 Å². The minimum Gasteiger partial charge on any atom is -0.382 e. The molecule has 2 N–H and O–H groups in total. The van der Waals surface area contributed by atoms with Gasteiger partial charge in [0.25, 0.3) is 0 Å². The van der Waals surface area contributed by atoms with Crippen LogP contribution in [-0.2, 0) is 0 Å². The molecule has 82 valence electrons. The first-order valence-electron chi connectivity index (χ1n) is 5.19. The van der Waals surface area contributed by atoms with Crippen LogP contribution in [0, 0.1) is 0 Å². The van der Waals surface area contributed by atoms with Crippen molar-refractivity contribution in [3.63, 3.8) is 0 Å². The molecule has 2 rings (SSSR count). The third-order valence-corrected chi connectivity index (χ3v) is 2.78. The quantitative estimate of drug-likeness (QED) is 0.713. The Morgan fingerprint density at radius 1 is 1.33 bits per heavy atom. The van der Waals surface area contributed by atoms with Crippen molar-refractivity contribution in [3.8, 4) is 0 Å². The summed E-state index contributed by atoms with van der Waals surface area (Å²) in [5, 5.41) is 0. The van der Waals surface area contributed by atoms with Gasteiger partial charge in [-0.15, -0.1) is 0 Å². The van der Waals surface area contributed by atoms with Crippen molar-refractivity contribution in [1.29, 1.82) is 0 Å². The van der Waals surface area contributed by atoms with E-state index in [1.165, 1.54) is 0 Å². The maximum Gasteiger partial charge on any atom is 0.147 e. The minimum atomic E-state index is 0.473. The van der Waals surface area contributed by atoms with Crippen LogP contribution in [0.15, 0.2) is 12.4 Å². The number of hydrogen-bond acceptors (Lipinski definition) is 5. The predicted octanol–water partition coefficient (Wildman–Crippen LogP) is 0.199. The molecule has 1 atom stereocenters. The van der Waals surface area contributed by atoms with Crippen molar-refractivity contribution in [1.82, 2.24) is 14.9 Å². The molecule has 0 radical (unpaired) electrons. The highest BCUT2D eigenvalue weighted by molar-refractivity contribution is 5.41. The summed E-state index contributed by atoms with van der Waals surface area (Å²) < 4.78 is 0. The molecule has 2 heterocycles. The van der Waals surface area contributed by atoms with Gasteiger partial charge in [0.2, 0.25) is 0 Å². The lowest BCUT2D eigenvalue weighted by Gasteiger charge is -2.38. The minimum absolute atomic E-state index is 0.473. The molecule has 0 aromatic carbocycles. The number of hydrogen-bond donors (Lipinski definition) is 1. The van der Waals surface area contributed by atoms with Crippen LogP contribution in [0.25, 0.3) is 0 Å². The maximum atomic E-state index is 5.51. The van der Waals surface area contributed by atoms with Crippen molar-refractivity contribution >= 4 is 11.6 Å². The third-order valence-electron chi connectivity index (χ3n) is 2.78. The Morgan fingerprint density at radius 3 is 2.73 bits per heavy atom. The molecule has 1 unspecified atom stereocenters. The van der Waals surface area contributed by atoms with E-state index in [0.717, 1.165) is 25.5 Å². The summed E-state index contributed by atoms with van der Waals surface area (Å²) in [7, 11) is 2.14. The number of anilines is 2. The summed E-state index contributed by atoms with van der Waals surface area (Å²) in [6, 6.07) is 0.474. The first-order chi connectivity index (χ1) is 7.16. The summed E-state index contributed by atoms with van der Waals surface area (Å²) in [6.45, 7) is 5.33. The predicted molar refractivity (Wildman–Crippen MR) is 60.7 cm³/mol. The first-order valence-corrected chi connectivity index (χ1v) is 5.19. The largest absolute Gasteiger partial charge is 0.382 e.